The standard InChI is InChI=1S/C25H32N6O/c1-5-17(4)28-19-6-8-20(9-7-19)31-23-11-15(2)21(12-22(23)29-25(31)32)18-10-16(3)24-26-14-27-30(24)13-18/h10-14,17,19-20,28H,5-9H2,1-4H3,(H,29,32). The first-order chi connectivity index (χ1) is 15.4. The van der Waals surface area contributed by atoms with Gasteiger partial charge in [-0.25, -0.2) is 14.3 Å². The van der Waals surface area contributed by atoms with Crippen LogP contribution < -0.4 is 11.0 Å². The molecule has 1 saturated carbocycles. The second-order valence-corrected chi connectivity index (χ2v) is 9.41. The Morgan fingerprint density at radius 2 is 1.94 bits per heavy atom. The van der Waals surface area contributed by atoms with Gasteiger partial charge < -0.3 is 10.3 Å². The number of aryl methyl sites for hydroxylation is 2. The molecule has 2 N–H and O–H groups in total. The maximum absolute atomic E-state index is 13.0. The molecule has 0 amide bonds. The maximum atomic E-state index is 13.0. The molecule has 3 aromatic heterocycles. The number of nitrogens with one attached hydrogen (secondary N) is 2. The summed E-state index contributed by atoms with van der Waals surface area (Å²) in [4.78, 5) is 20.4. The zero-order valence-electron chi connectivity index (χ0n) is 19.4. The molecule has 7 nitrogen and oxygen atoms in total. The fourth-order valence-electron chi connectivity index (χ4n) is 5.21. The van der Waals surface area contributed by atoms with Crippen LogP contribution in [0.5, 0.6) is 0 Å². The predicted molar refractivity (Wildman–Crippen MR) is 128 cm³/mol. The fraction of sp³-hybridized carbons (Fsp3) is 0.480. The first-order valence-electron chi connectivity index (χ1n) is 11.8. The summed E-state index contributed by atoms with van der Waals surface area (Å²) in [6.45, 7) is 8.63. The van der Waals surface area contributed by atoms with E-state index < -0.39 is 0 Å². The third-order valence-electron chi connectivity index (χ3n) is 7.13. The minimum Gasteiger partial charge on any atom is -0.312 e. The molecule has 1 unspecified atom stereocenters. The van der Waals surface area contributed by atoms with Gasteiger partial charge in [-0.05, 0) is 87.8 Å². The highest BCUT2D eigenvalue weighted by Crippen LogP contribution is 2.33. The van der Waals surface area contributed by atoms with E-state index in [0.717, 1.165) is 71.0 Å². The Balaban J connectivity index is 1.47. The van der Waals surface area contributed by atoms with Gasteiger partial charge in [0.25, 0.3) is 0 Å². The lowest BCUT2D eigenvalue weighted by atomic mass is 9.90. The zero-order chi connectivity index (χ0) is 22.4. The summed E-state index contributed by atoms with van der Waals surface area (Å²) in [7, 11) is 0. The van der Waals surface area contributed by atoms with E-state index in [1.807, 2.05) is 22.2 Å². The Morgan fingerprint density at radius 1 is 1.16 bits per heavy atom. The monoisotopic (exact) mass is 432 g/mol. The lowest BCUT2D eigenvalue weighted by molar-refractivity contribution is 0.275. The first-order valence-corrected chi connectivity index (χ1v) is 11.8. The van der Waals surface area contributed by atoms with Crippen LogP contribution in [0.4, 0.5) is 0 Å². The molecule has 0 radical (unpaired) electrons. The Labute approximate surface area is 187 Å². The van der Waals surface area contributed by atoms with Gasteiger partial charge in [0.15, 0.2) is 5.65 Å². The normalized spacial score (nSPS) is 20.2. The number of hydrogen-bond donors (Lipinski definition) is 2. The number of rotatable bonds is 5. The van der Waals surface area contributed by atoms with Crippen LogP contribution in [-0.2, 0) is 0 Å². The van der Waals surface area contributed by atoms with E-state index in [-0.39, 0.29) is 11.7 Å². The van der Waals surface area contributed by atoms with Crippen molar-refractivity contribution in [2.45, 2.75) is 77.9 Å². The molecule has 1 aromatic carbocycles. The summed E-state index contributed by atoms with van der Waals surface area (Å²) in [6, 6.07) is 7.77. The van der Waals surface area contributed by atoms with Crippen molar-refractivity contribution in [1.29, 1.82) is 0 Å². The molecule has 4 aromatic rings. The number of aromatic amines is 1. The number of imidazole rings is 1. The van der Waals surface area contributed by atoms with Crippen LogP contribution in [-0.4, -0.2) is 36.2 Å². The number of aromatic nitrogens is 5. The minimum absolute atomic E-state index is 0.00204. The van der Waals surface area contributed by atoms with Crippen molar-refractivity contribution in [3.63, 3.8) is 0 Å². The van der Waals surface area contributed by atoms with Crippen molar-refractivity contribution in [2.24, 2.45) is 0 Å². The molecular formula is C25H32N6O. The lowest BCUT2D eigenvalue weighted by Gasteiger charge is -2.31. The quantitative estimate of drug-likeness (QED) is 0.486. The molecule has 0 spiro atoms. The zero-order valence-corrected chi connectivity index (χ0v) is 19.4. The van der Waals surface area contributed by atoms with E-state index in [1.54, 1.807) is 6.33 Å². The summed E-state index contributed by atoms with van der Waals surface area (Å²) < 4.78 is 3.81. The Kier molecular flexibility index (Phi) is 5.37. The van der Waals surface area contributed by atoms with Crippen LogP contribution in [0.3, 0.4) is 0 Å². The second kappa shape index (κ2) is 8.20. The third kappa shape index (κ3) is 3.64. The first kappa shape index (κ1) is 20.9. The molecule has 1 aliphatic rings. The van der Waals surface area contributed by atoms with Crippen LogP contribution >= 0.6 is 0 Å². The maximum Gasteiger partial charge on any atom is 0.326 e. The number of hydrogen-bond acceptors (Lipinski definition) is 4. The molecule has 3 heterocycles. The third-order valence-corrected chi connectivity index (χ3v) is 7.13. The average Bonchev–Trinajstić information content (AvgIpc) is 3.37. The Hall–Kier alpha value is -2.93. The van der Waals surface area contributed by atoms with Crippen LogP contribution in [0, 0.1) is 13.8 Å². The molecular weight excluding hydrogens is 400 g/mol. The van der Waals surface area contributed by atoms with Gasteiger partial charge in [0.05, 0.1) is 11.0 Å². The Bertz CT molecular complexity index is 1320. The van der Waals surface area contributed by atoms with E-state index in [2.05, 4.69) is 59.4 Å². The fourth-order valence-corrected chi connectivity index (χ4v) is 5.21. The smallest absolute Gasteiger partial charge is 0.312 e. The van der Waals surface area contributed by atoms with E-state index >= 15 is 0 Å². The SMILES string of the molecule is CCC(C)NC1CCC(n2c(=O)[nH]c3cc(-c4cc(C)c5ncnn5c4)c(C)cc32)CC1. The molecule has 1 fully saturated rings. The summed E-state index contributed by atoms with van der Waals surface area (Å²) in [5.41, 5.74) is 7.17. The van der Waals surface area contributed by atoms with Gasteiger partial charge in [0.2, 0.25) is 0 Å². The molecule has 32 heavy (non-hydrogen) atoms. The summed E-state index contributed by atoms with van der Waals surface area (Å²) in [5.74, 6) is 0. The second-order valence-electron chi connectivity index (χ2n) is 9.41. The topological polar surface area (TPSA) is 80.0 Å². The van der Waals surface area contributed by atoms with Gasteiger partial charge in [0, 0.05) is 29.9 Å². The van der Waals surface area contributed by atoms with Crippen molar-refractivity contribution in [3.05, 3.63) is 52.3 Å². The number of benzene rings is 1. The molecule has 7 heteroatoms. The van der Waals surface area contributed by atoms with Crippen LogP contribution in [0.25, 0.3) is 27.8 Å². The minimum atomic E-state index is -0.00204. The molecule has 1 aliphatic carbocycles. The van der Waals surface area contributed by atoms with Gasteiger partial charge in [-0.15, -0.1) is 0 Å². The molecule has 168 valence electrons. The number of nitrogens with zero attached hydrogens (tertiary/aromatic N) is 4. The predicted octanol–water partition coefficient (Wildman–Crippen LogP) is 4.53. The number of fused-ring (bicyclic) bond motifs is 2. The number of pyridine rings is 1. The average molecular weight is 433 g/mol. The van der Waals surface area contributed by atoms with Crippen molar-refractivity contribution in [3.8, 4) is 11.1 Å². The van der Waals surface area contributed by atoms with Crippen LogP contribution in [0.2, 0.25) is 0 Å². The number of H-pyrrole nitrogens is 1. The van der Waals surface area contributed by atoms with Gasteiger partial charge in [-0.1, -0.05) is 6.92 Å². The van der Waals surface area contributed by atoms with Crippen LogP contribution in [0.1, 0.15) is 63.1 Å². The van der Waals surface area contributed by atoms with Crippen molar-refractivity contribution >= 4 is 16.7 Å². The molecule has 1 atom stereocenters. The van der Waals surface area contributed by atoms with Gasteiger partial charge >= 0.3 is 5.69 Å². The molecule has 0 saturated heterocycles. The van der Waals surface area contributed by atoms with E-state index in [1.165, 1.54) is 0 Å². The largest absolute Gasteiger partial charge is 0.326 e. The van der Waals surface area contributed by atoms with Gasteiger partial charge in [0.1, 0.15) is 6.33 Å². The van der Waals surface area contributed by atoms with Crippen molar-refractivity contribution in [2.75, 3.05) is 0 Å². The van der Waals surface area contributed by atoms with Crippen molar-refractivity contribution < 1.29 is 0 Å². The molecule has 0 aliphatic heterocycles. The summed E-state index contributed by atoms with van der Waals surface area (Å²) in [5, 5.41) is 8.03. The molecule has 5 rings (SSSR count). The highest BCUT2D eigenvalue weighted by molar-refractivity contribution is 5.84. The van der Waals surface area contributed by atoms with E-state index in [4.69, 9.17) is 0 Å². The van der Waals surface area contributed by atoms with Crippen molar-refractivity contribution in [1.82, 2.24) is 29.5 Å². The van der Waals surface area contributed by atoms with E-state index in [0.29, 0.717) is 12.1 Å². The highest BCUT2D eigenvalue weighted by atomic mass is 16.1. The Morgan fingerprint density at radius 3 is 2.69 bits per heavy atom. The van der Waals surface area contributed by atoms with Gasteiger partial charge in [-0.3, -0.25) is 4.57 Å². The highest BCUT2D eigenvalue weighted by Gasteiger charge is 2.26. The lowest BCUT2D eigenvalue weighted by Crippen LogP contribution is -2.39. The van der Waals surface area contributed by atoms with Gasteiger partial charge in [-0.2, -0.15) is 5.10 Å². The summed E-state index contributed by atoms with van der Waals surface area (Å²) in [6.07, 6.45) is 9.02. The molecule has 0 bridgehead atoms. The van der Waals surface area contributed by atoms with Crippen LogP contribution in [0.15, 0.2) is 35.5 Å². The van der Waals surface area contributed by atoms with E-state index in [9.17, 15) is 4.79 Å². The summed E-state index contributed by atoms with van der Waals surface area (Å²) >= 11 is 0.